The summed E-state index contributed by atoms with van der Waals surface area (Å²) in [5, 5.41) is 2.76. The Hall–Kier alpha value is -1.39. The molecule has 0 unspecified atom stereocenters. The molecule has 0 radical (unpaired) electrons. The Morgan fingerprint density at radius 2 is 2.04 bits per heavy atom. The summed E-state index contributed by atoms with van der Waals surface area (Å²) < 4.78 is 38.6. The van der Waals surface area contributed by atoms with Crippen molar-refractivity contribution in [3.8, 4) is 5.75 Å². The third-order valence-corrected chi connectivity index (χ3v) is 6.78. The van der Waals surface area contributed by atoms with Crippen molar-refractivity contribution in [1.82, 2.24) is 4.31 Å². The van der Waals surface area contributed by atoms with E-state index in [2.05, 4.69) is 5.32 Å². The van der Waals surface area contributed by atoms with Gasteiger partial charge in [-0.25, -0.2) is 8.42 Å². The van der Waals surface area contributed by atoms with Gasteiger partial charge in [-0.05, 0) is 50.8 Å². The summed E-state index contributed by atoms with van der Waals surface area (Å²) in [6.07, 6.45) is 2.37. The highest BCUT2D eigenvalue weighted by Gasteiger charge is 2.32. The molecule has 1 aromatic rings. The molecule has 3 N–H and O–H groups in total. The van der Waals surface area contributed by atoms with E-state index >= 15 is 0 Å². The summed E-state index contributed by atoms with van der Waals surface area (Å²) in [4.78, 5) is 12.5. The van der Waals surface area contributed by atoms with Crippen LogP contribution in [0.1, 0.15) is 32.6 Å². The van der Waals surface area contributed by atoms with Gasteiger partial charge in [-0.2, -0.15) is 4.31 Å². The summed E-state index contributed by atoms with van der Waals surface area (Å²) in [5.74, 6) is 0.00217. The maximum Gasteiger partial charge on any atom is 0.253 e. The molecule has 2 saturated heterocycles. The Bertz CT molecular complexity index is 783. The van der Waals surface area contributed by atoms with Gasteiger partial charge in [-0.3, -0.25) is 4.79 Å². The van der Waals surface area contributed by atoms with Crippen LogP contribution in [0.2, 0.25) is 0 Å². The van der Waals surface area contributed by atoms with Gasteiger partial charge >= 0.3 is 0 Å². The van der Waals surface area contributed by atoms with Crippen LogP contribution >= 0.6 is 12.4 Å². The Morgan fingerprint density at radius 3 is 2.64 bits per heavy atom. The van der Waals surface area contributed by atoms with Gasteiger partial charge in [0.15, 0.2) is 0 Å². The lowest BCUT2D eigenvalue weighted by atomic mass is 10.2. The molecule has 2 aliphatic heterocycles. The van der Waals surface area contributed by atoms with Crippen molar-refractivity contribution < 1.29 is 22.7 Å². The van der Waals surface area contributed by atoms with Crippen molar-refractivity contribution in [1.29, 1.82) is 0 Å². The molecule has 1 amide bonds. The number of benzene rings is 1. The molecule has 1 aromatic carbocycles. The Morgan fingerprint density at radius 1 is 1.32 bits per heavy atom. The zero-order valence-electron chi connectivity index (χ0n) is 15.9. The normalized spacial score (nSPS) is 22.6. The van der Waals surface area contributed by atoms with Crippen LogP contribution in [-0.4, -0.2) is 57.1 Å². The molecule has 2 fully saturated rings. The summed E-state index contributed by atoms with van der Waals surface area (Å²) in [6, 6.07) is 4.69. The number of nitrogens with two attached hydrogens (primary N) is 1. The van der Waals surface area contributed by atoms with Crippen molar-refractivity contribution >= 4 is 34.0 Å². The molecule has 0 aliphatic carbocycles. The van der Waals surface area contributed by atoms with Gasteiger partial charge in [0.05, 0.1) is 12.7 Å². The summed E-state index contributed by atoms with van der Waals surface area (Å²) in [7, 11) is -3.67. The minimum Gasteiger partial charge on any atom is -0.492 e. The monoisotopic (exact) mass is 433 g/mol. The van der Waals surface area contributed by atoms with Crippen LogP contribution in [0.25, 0.3) is 0 Å². The molecule has 10 heteroatoms. The largest absolute Gasteiger partial charge is 0.492 e. The number of carbonyl (C=O) groups is 1. The number of nitrogens with zero attached hydrogens (tertiary/aromatic N) is 1. The highest BCUT2D eigenvalue weighted by molar-refractivity contribution is 7.89. The zero-order chi connectivity index (χ0) is 19.4. The SMILES string of the molecule is CCOc1ccc(NC(=O)[C@@H]2CC[C@H](CN)O2)cc1S(=O)(=O)N1CCCC1.Cl. The molecule has 2 aliphatic rings. The van der Waals surface area contributed by atoms with E-state index in [-0.39, 0.29) is 29.3 Å². The second kappa shape index (κ2) is 9.89. The second-order valence-corrected chi connectivity index (χ2v) is 8.66. The van der Waals surface area contributed by atoms with Crippen LogP contribution in [-0.2, 0) is 19.6 Å². The number of sulfonamides is 1. The predicted molar refractivity (Wildman–Crippen MR) is 108 cm³/mol. The fraction of sp³-hybridized carbons (Fsp3) is 0.611. The predicted octanol–water partition coefficient (Wildman–Crippen LogP) is 1.74. The first-order valence-corrected chi connectivity index (χ1v) is 10.8. The van der Waals surface area contributed by atoms with Crippen LogP contribution in [0.15, 0.2) is 23.1 Å². The van der Waals surface area contributed by atoms with Gasteiger partial charge in [-0.1, -0.05) is 0 Å². The maximum atomic E-state index is 13.0. The quantitative estimate of drug-likeness (QED) is 0.677. The average molecular weight is 434 g/mol. The fourth-order valence-corrected chi connectivity index (χ4v) is 5.10. The summed E-state index contributed by atoms with van der Waals surface area (Å²) in [6.45, 7) is 3.53. The molecule has 0 spiro atoms. The minimum atomic E-state index is -3.67. The summed E-state index contributed by atoms with van der Waals surface area (Å²) >= 11 is 0. The molecule has 3 rings (SSSR count). The van der Waals surface area contributed by atoms with Crippen molar-refractivity contribution in [2.75, 3.05) is 31.6 Å². The molecular weight excluding hydrogens is 406 g/mol. The van der Waals surface area contributed by atoms with Crippen molar-refractivity contribution in [3.63, 3.8) is 0 Å². The van der Waals surface area contributed by atoms with Crippen LogP contribution < -0.4 is 15.8 Å². The third kappa shape index (κ3) is 4.96. The Balaban J connectivity index is 0.00000280. The van der Waals surface area contributed by atoms with E-state index in [4.69, 9.17) is 15.2 Å². The van der Waals surface area contributed by atoms with E-state index in [9.17, 15) is 13.2 Å². The van der Waals surface area contributed by atoms with Crippen molar-refractivity contribution in [2.24, 2.45) is 5.73 Å². The molecule has 2 heterocycles. The average Bonchev–Trinajstić information content (AvgIpc) is 3.35. The van der Waals surface area contributed by atoms with Gasteiger partial charge in [0.2, 0.25) is 10.0 Å². The van der Waals surface area contributed by atoms with Gasteiger partial charge in [0, 0.05) is 25.3 Å². The van der Waals surface area contributed by atoms with Crippen molar-refractivity contribution in [2.45, 2.75) is 49.7 Å². The van der Waals surface area contributed by atoms with Gasteiger partial charge < -0.3 is 20.5 Å². The molecule has 8 nitrogen and oxygen atoms in total. The molecule has 0 bridgehead atoms. The number of ether oxygens (including phenoxy) is 2. The Kier molecular flexibility index (Phi) is 8.08. The van der Waals surface area contributed by atoms with Crippen LogP contribution in [0.4, 0.5) is 5.69 Å². The number of anilines is 1. The number of amides is 1. The van der Waals surface area contributed by atoms with E-state index < -0.39 is 16.1 Å². The fourth-order valence-electron chi connectivity index (χ4n) is 3.42. The van der Waals surface area contributed by atoms with Crippen LogP contribution in [0.3, 0.4) is 0 Å². The lowest BCUT2D eigenvalue weighted by Gasteiger charge is -2.19. The minimum absolute atomic E-state index is 0. The van der Waals surface area contributed by atoms with Crippen LogP contribution in [0.5, 0.6) is 5.75 Å². The van der Waals surface area contributed by atoms with Gasteiger partial charge in [0.25, 0.3) is 5.91 Å². The van der Waals surface area contributed by atoms with E-state index in [1.54, 1.807) is 19.1 Å². The first-order chi connectivity index (χ1) is 13.0. The number of hydrogen-bond acceptors (Lipinski definition) is 6. The summed E-state index contributed by atoms with van der Waals surface area (Å²) in [5.41, 5.74) is 5.98. The van der Waals surface area contributed by atoms with Crippen LogP contribution in [0, 0.1) is 0 Å². The molecule has 28 heavy (non-hydrogen) atoms. The Labute approximate surface area is 172 Å². The van der Waals surface area contributed by atoms with Gasteiger partial charge in [0.1, 0.15) is 16.7 Å². The zero-order valence-corrected chi connectivity index (χ0v) is 17.6. The molecule has 158 valence electrons. The smallest absolute Gasteiger partial charge is 0.253 e. The standard InChI is InChI=1S/C18H27N3O5S.ClH/c1-2-25-15-7-5-13(20-18(22)16-8-6-14(12-19)26-16)11-17(15)27(23,24)21-9-3-4-10-21;/h5,7,11,14,16H,2-4,6,8-10,12,19H2,1H3,(H,20,22);1H/t14-,16+;/m1./s1. The first-order valence-electron chi connectivity index (χ1n) is 9.39. The highest BCUT2D eigenvalue weighted by Crippen LogP contribution is 2.32. The number of rotatable bonds is 7. The van der Waals surface area contributed by atoms with E-state index in [0.29, 0.717) is 44.1 Å². The highest BCUT2D eigenvalue weighted by atomic mass is 35.5. The van der Waals surface area contributed by atoms with E-state index in [0.717, 1.165) is 19.3 Å². The molecule has 2 atom stereocenters. The number of nitrogens with one attached hydrogen (secondary N) is 1. The van der Waals surface area contributed by atoms with E-state index in [1.165, 1.54) is 10.4 Å². The first kappa shape index (κ1) is 22.9. The topological polar surface area (TPSA) is 111 Å². The lowest BCUT2D eigenvalue weighted by Crippen LogP contribution is -2.30. The second-order valence-electron chi connectivity index (χ2n) is 6.75. The number of hydrogen-bond donors (Lipinski definition) is 2. The molecule has 0 saturated carbocycles. The molecule has 0 aromatic heterocycles. The van der Waals surface area contributed by atoms with Crippen molar-refractivity contribution in [3.05, 3.63) is 18.2 Å². The number of halogens is 1. The number of carbonyl (C=O) groups excluding carboxylic acids is 1. The van der Waals surface area contributed by atoms with Gasteiger partial charge in [-0.15, -0.1) is 12.4 Å². The third-order valence-electron chi connectivity index (χ3n) is 4.86. The van der Waals surface area contributed by atoms with E-state index in [1.807, 2.05) is 0 Å². The maximum absolute atomic E-state index is 13.0. The lowest BCUT2D eigenvalue weighted by molar-refractivity contribution is -0.126. The molecular formula is C18H28ClN3O5S.